The number of amides is 2. The van der Waals surface area contributed by atoms with Crippen LogP contribution in [0.15, 0.2) is 60.1 Å². The summed E-state index contributed by atoms with van der Waals surface area (Å²) >= 11 is 7.86. The molecule has 2 amide bonds. The maximum Gasteiger partial charge on any atom is 0.252 e. The third kappa shape index (κ3) is 5.45. The van der Waals surface area contributed by atoms with E-state index in [1.165, 1.54) is 29.5 Å². The van der Waals surface area contributed by atoms with Crippen molar-refractivity contribution < 1.29 is 22.8 Å². The molecule has 1 aromatic heterocycles. The number of alkyl halides is 2. The topological polar surface area (TPSA) is 65.5 Å². The first-order chi connectivity index (χ1) is 17.7. The first kappa shape index (κ1) is 25.5. The standard InChI is InChI=1S/C26H24ClF3N4O2S/c27-21-7-2-1-6-20(21)23(24(36)32-17-13-26(29,30)14-17)33(18-5-3-4-16(28)12-18)15-19-8-9-22(35)34(19)25-31-10-11-37-25/h1-7,10-12,17,19,23H,8-9,13-15H2,(H,32,36)/t19-,23-/m0/s1. The minimum absolute atomic E-state index is 0.0883. The summed E-state index contributed by atoms with van der Waals surface area (Å²) in [6, 6.07) is 10.5. The highest BCUT2D eigenvalue weighted by molar-refractivity contribution is 7.13. The number of nitrogens with zero attached hydrogens (tertiary/aromatic N) is 3. The zero-order valence-corrected chi connectivity index (χ0v) is 21.2. The molecule has 1 N–H and O–H groups in total. The monoisotopic (exact) mass is 548 g/mol. The van der Waals surface area contributed by atoms with Gasteiger partial charge in [0, 0.05) is 59.7 Å². The Balaban J connectivity index is 1.54. The molecular weight excluding hydrogens is 525 g/mol. The van der Waals surface area contributed by atoms with Gasteiger partial charge in [-0.05, 0) is 30.7 Å². The lowest BCUT2D eigenvalue weighted by atomic mass is 9.87. The van der Waals surface area contributed by atoms with Crippen LogP contribution >= 0.6 is 22.9 Å². The van der Waals surface area contributed by atoms with Crippen LogP contribution in [-0.2, 0) is 9.59 Å². The largest absolute Gasteiger partial charge is 0.354 e. The fourth-order valence-electron chi connectivity index (χ4n) is 4.95. The lowest BCUT2D eigenvalue weighted by molar-refractivity contribution is -0.130. The second-order valence-corrected chi connectivity index (χ2v) is 10.6. The molecule has 6 nitrogen and oxygen atoms in total. The maximum atomic E-state index is 14.4. The van der Waals surface area contributed by atoms with Gasteiger partial charge >= 0.3 is 0 Å². The lowest BCUT2D eigenvalue weighted by Crippen LogP contribution is -2.54. The average molecular weight is 549 g/mol. The van der Waals surface area contributed by atoms with Gasteiger partial charge in [-0.2, -0.15) is 0 Å². The van der Waals surface area contributed by atoms with Crippen molar-refractivity contribution >= 4 is 45.6 Å². The molecule has 37 heavy (non-hydrogen) atoms. The van der Waals surface area contributed by atoms with Crippen molar-refractivity contribution in [3.8, 4) is 0 Å². The molecule has 0 spiro atoms. The van der Waals surface area contributed by atoms with Crippen molar-refractivity contribution in [2.45, 2.75) is 49.7 Å². The Hall–Kier alpha value is -3.11. The second-order valence-electron chi connectivity index (χ2n) is 9.30. The number of hydrogen-bond acceptors (Lipinski definition) is 5. The SMILES string of the molecule is O=C(NC1CC(F)(F)C1)[C@H](c1ccccc1Cl)N(C[C@@H]1CCC(=O)N1c1nccs1)c1cccc(F)c1. The molecule has 2 fully saturated rings. The Bertz CT molecular complexity index is 1280. The Kier molecular flexibility index (Phi) is 7.13. The maximum absolute atomic E-state index is 14.4. The van der Waals surface area contributed by atoms with Crippen molar-refractivity contribution in [3.63, 3.8) is 0 Å². The van der Waals surface area contributed by atoms with Gasteiger partial charge in [-0.3, -0.25) is 14.5 Å². The molecule has 2 heterocycles. The van der Waals surface area contributed by atoms with E-state index in [1.807, 2.05) is 0 Å². The molecule has 0 unspecified atom stereocenters. The summed E-state index contributed by atoms with van der Waals surface area (Å²) in [6.07, 6.45) is 1.55. The van der Waals surface area contributed by atoms with E-state index >= 15 is 0 Å². The Morgan fingerprint density at radius 1 is 1.24 bits per heavy atom. The van der Waals surface area contributed by atoms with Gasteiger partial charge < -0.3 is 10.2 Å². The normalized spacial score (nSPS) is 19.9. The fraction of sp³-hybridized carbons (Fsp3) is 0.346. The number of nitrogens with one attached hydrogen (secondary N) is 1. The highest BCUT2D eigenvalue weighted by Gasteiger charge is 2.47. The molecule has 3 aromatic rings. The zero-order chi connectivity index (χ0) is 26.2. The molecule has 2 atom stereocenters. The predicted molar refractivity (Wildman–Crippen MR) is 137 cm³/mol. The van der Waals surface area contributed by atoms with E-state index in [4.69, 9.17) is 11.6 Å². The minimum Gasteiger partial charge on any atom is -0.354 e. The van der Waals surface area contributed by atoms with Gasteiger partial charge in [-0.15, -0.1) is 11.3 Å². The summed E-state index contributed by atoms with van der Waals surface area (Å²) in [5.41, 5.74) is 0.847. The smallest absolute Gasteiger partial charge is 0.252 e. The third-order valence-corrected chi connectivity index (χ3v) is 7.81. The van der Waals surface area contributed by atoms with Crippen molar-refractivity contribution in [1.29, 1.82) is 0 Å². The molecule has 0 radical (unpaired) electrons. The number of anilines is 2. The van der Waals surface area contributed by atoms with E-state index in [-0.39, 0.29) is 18.5 Å². The van der Waals surface area contributed by atoms with Crippen molar-refractivity contribution in [1.82, 2.24) is 10.3 Å². The molecule has 194 valence electrons. The number of rotatable bonds is 8. The highest BCUT2D eigenvalue weighted by atomic mass is 35.5. The molecular formula is C26H24ClF3N4O2S. The molecule has 2 aliphatic rings. The molecule has 5 rings (SSSR count). The number of hydrogen-bond donors (Lipinski definition) is 1. The molecule has 2 aromatic carbocycles. The average Bonchev–Trinajstić information content (AvgIpc) is 3.48. The Morgan fingerprint density at radius 3 is 2.70 bits per heavy atom. The summed E-state index contributed by atoms with van der Waals surface area (Å²) in [7, 11) is 0. The van der Waals surface area contributed by atoms with E-state index in [2.05, 4.69) is 10.3 Å². The summed E-state index contributed by atoms with van der Waals surface area (Å²) in [5.74, 6) is -3.92. The zero-order valence-electron chi connectivity index (χ0n) is 19.6. The van der Waals surface area contributed by atoms with Gasteiger partial charge in [0.25, 0.3) is 5.92 Å². The number of carbonyl (C=O) groups is 2. The van der Waals surface area contributed by atoms with Gasteiger partial charge in [-0.25, -0.2) is 18.2 Å². The Labute approximate surface area is 221 Å². The van der Waals surface area contributed by atoms with Crippen molar-refractivity contribution in [2.75, 3.05) is 16.3 Å². The van der Waals surface area contributed by atoms with Crippen LogP contribution in [-0.4, -0.2) is 41.3 Å². The first-order valence-corrected chi connectivity index (χ1v) is 13.1. The molecule has 1 aliphatic carbocycles. The van der Waals surface area contributed by atoms with Gasteiger partial charge in [0.05, 0.1) is 6.04 Å². The fourth-order valence-corrected chi connectivity index (χ4v) is 5.92. The number of halogens is 4. The van der Waals surface area contributed by atoms with Gasteiger partial charge in [0.15, 0.2) is 5.13 Å². The van der Waals surface area contributed by atoms with Crippen LogP contribution in [0, 0.1) is 5.82 Å². The van der Waals surface area contributed by atoms with E-state index < -0.39 is 42.6 Å². The molecule has 0 bridgehead atoms. The van der Waals surface area contributed by atoms with Crippen molar-refractivity contribution in [3.05, 3.63) is 76.5 Å². The summed E-state index contributed by atoms with van der Waals surface area (Å²) in [4.78, 5) is 34.1. The van der Waals surface area contributed by atoms with E-state index in [0.29, 0.717) is 34.2 Å². The highest BCUT2D eigenvalue weighted by Crippen LogP contribution is 2.39. The van der Waals surface area contributed by atoms with Gasteiger partial charge in [0.2, 0.25) is 11.8 Å². The molecule has 1 aliphatic heterocycles. The van der Waals surface area contributed by atoms with Crippen LogP contribution in [0.25, 0.3) is 0 Å². The first-order valence-electron chi connectivity index (χ1n) is 11.9. The predicted octanol–water partition coefficient (Wildman–Crippen LogP) is 5.59. The van der Waals surface area contributed by atoms with Crippen molar-refractivity contribution in [2.24, 2.45) is 0 Å². The molecule has 1 saturated carbocycles. The molecule has 11 heteroatoms. The van der Waals surface area contributed by atoms with Crippen LogP contribution in [0.2, 0.25) is 5.02 Å². The Morgan fingerprint density at radius 2 is 2.03 bits per heavy atom. The van der Waals surface area contributed by atoms with E-state index in [0.717, 1.165) is 0 Å². The number of thiazole rings is 1. The van der Waals surface area contributed by atoms with Crippen LogP contribution in [0.1, 0.15) is 37.3 Å². The number of benzene rings is 2. The summed E-state index contributed by atoms with van der Waals surface area (Å²) < 4.78 is 41.4. The van der Waals surface area contributed by atoms with Crippen LogP contribution < -0.4 is 15.1 Å². The van der Waals surface area contributed by atoms with Crippen LogP contribution in [0.5, 0.6) is 0 Å². The summed E-state index contributed by atoms with van der Waals surface area (Å²) in [5, 5.41) is 5.36. The van der Waals surface area contributed by atoms with Crippen LogP contribution in [0.3, 0.4) is 0 Å². The second kappa shape index (κ2) is 10.3. The third-order valence-electron chi connectivity index (χ3n) is 6.69. The van der Waals surface area contributed by atoms with E-state index in [9.17, 15) is 22.8 Å². The van der Waals surface area contributed by atoms with Gasteiger partial charge in [0.1, 0.15) is 11.9 Å². The summed E-state index contributed by atoms with van der Waals surface area (Å²) in [6.45, 7) is 0.166. The lowest BCUT2D eigenvalue weighted by Gasteiger charge is -2.40. The van der Waals surface area contributed by atoms with E-state index in [1.54, 1.807) is 51.7 Å². The molecule has 1 saturated heterocycles. The van der Waals surface area contributed by atoms with Crippen LogP contribution in [0.4, 0.5) is 24.0 Å². The quantitative estimate of drug-likeness (QED) is 0.398. The van der Waals surface area contributed by atoms with Gasteiger partial charge in [-0.1, -0.05) is 35.9 Å². The number of carbonyl (C=O) groups excluding carboxylic acids is 2. The minimum atomic E-state index is -2.81. The number of aromatic nitrogens is 1.